The minimum absolute atomic E-state index is 0.0773. The second-order valence-electron chi connectivity index (χ2n) is 6.20. The Morgan fingerprint density at radius 1 is 1.27 bits per heavy atom. The van der Waals surface area contributed by atoms with Crippen LogP contribution in [0.25, 0.3) is 0 Å². The number of amides is 2. The minimum Gasteiger partial charge on any atom is -0.381 e. The van der Waals surface area contributed by atoms with Crippen molar-refractivity contribution in [3.05, 3.63) is 21.4 Å². The predicted octanol–water partition coefficient (Wildman–Crippen LogP) is 1.64. The minimum atomic E-state index is -0.663. The Kier molecular flexibility index (Phi) is 4.49. The average Bonchev–Trinajstić information content (AvgIpc) is 2.97. The Balaban J connectivity index is 1.69. The van der Waals surface area contributed by atoms with Crippen molar-refractivity contribution in [2.24, 2.45) is 11.1 Å². The molecule has 0 bridgehead atoms. The number of aryl methyl sites for hydroxylation is 1. The Bertz CT molecular complexity index is 576. The number of ether oxygens (including phenoxy) is 1. The zero-order chi connectivity index (χ0) is 15.6. The van der Waals surface area contributed by atoms with E-state index in [-0.39, 0.29) is 11.8 Å². The highest BCUT2D eigenvalue weighted by molar-refractivity contribution is 7.10. The van der Waals surface area contributed by atoms with Crippen LogP contribution in [-0.4, -0.2) is 31.6 Å². The molecule has 0 spiro atoms. The molecule has 1 aliphatic carbocycles. The lowest BCUT2D eigenvalue weighted by atomic mass is 9.79. The van der Waals surface area contributed by atoms with Crippen LogP contribution >= 0.6 is 11.3 Å². The summed E-state index contributed by atoms with van der Waals surface area (Å²) in [6.45, 7) is 1.34. The Morgan fingerprint density at radius 3 is 2.73 bits per heavy atom. The molecule has 120 valence electrons. The lowest BCUT2D eigenvalue weighted by Gasteiger charge is -2.34. The van der Waals surface area contributed by atoms with Gasteiger partial charge in [-0.2, -0.15) is 0 Å². The number of rotatable bonds is 4. The van der Waals surface area contributed by atoms with Crippen LogP contribution in [0.15, 0.2) is 5.38 Å². The first-order valence-corrected chi connectivity index (χ1v) is 8.75. The summed E-state index contributed by atoms with van der Waals surface area (Å²) in [5.74, 6) is -0.421. The third-order valence-electron chi connectivity index (χ3n) is 4.87. The summed E-state index contributed by atoms with van der Waals surface area (Å²) < 4.78 is 5.31. The number of hydrogen-bond acceptors (Lipinski definition) is 4. The summed E-state index contributed by atoms with van der Waals surface area (Å²) in [6, 6.07) is 0. The number of primary amides is 1. The predicted molar refractivity (Wildman–Crippen MR) is 85.0 cm³/mol. The number of nitrogens with two attached hydrogens (primary N) is 1. The van der Waals surface area contributed by atoms with E-state index in [1.807, 2.05) is 5.38 Å². The smallest absolute Gasteiger partial charge is 0.252 e. The molecule has 1 saturated heterocycles. The summed E-state index contributed by atoms with van der Waals surface area (Å²) in [5, 5.41) is 4.89. The lowest BCUT2D eigenvalue weighted by molar-refractivity contribution is -0.132. The maximum Gasteiger partial charge on any atom is 0.252 e. The number of fused-ring (bicyclic) bond motifs is 1. The van der Waals surface area contributed by atoms with E-state index in [9.17, 15) is 9.59 Å². The Labute approximate surface area is 134 Å². The highest BCUT2D eigenvalue weighted by atomic mass is 32.1. The molecule has 2 aliphatic rings. The second-order valence-corrected chi connectivity index (χ2v) is 7.16. The van der Waals surface area contributed by atoms with Gasteiger partial charge in [-0.15, -0.1) is 11.3 Å². The SMILES string of the molecule is NC(=O)C1(CNC(=O)c2csc3c2CCCC3)CCOCC1. The first-order chi connectivity index (χ1) is 10.6. The summed E-state index contributed by atoms with van der Waals surface area (Å²) >= 11 is 1.67. The fourth-order valence-electron chi connectivity index (χ4n) is 3.30. The topological polar surface area (TPSA) is 81.4 Å². The molecule has 1 aromatic rings. The molecule has 5 nitrogen and oxygen atoms in total. The van der Waals surface area contributed by atoms with E-state index in [4.69, 9.17) is 10.5 Å². The van der Waals surface area contributed by atoms with Gasteiger partial charge in [0.1, 0.15) is 0 Å². The van der Waals surface area contributed by atoms with Crippen LogP contribution < -0.4 is 11.1 Å². The van der Waals surface area contributed by atoms with E-state index < -0.39 is 5.41 Å². The molecule has 1 fully saturated rings. The van der Waals surface area contributed by atoms with E-state index in [0.29, 0.717) is 32.6 Å². The third-order valence-corrected chi connectivity index (χ3v) is 5.95. The molecule has 0 saturated carbocycles. The standard InChI is InChI=1S/C16H22N2O3S/c17-15(20)16(5-7-21-8-6-16)10-18-14(19)12-9-22-13-4-2-1-3-11(12)13/h9H,1-8,10H2,(H2,17,20)(H,18,19). The van der Waals surface area contributed by atoms with E-state index in [0.717, 1.165) is 24.8 Å². The zero-order valence-electron chi connectivity index (χ0n) is 12.7. The highest BCUT2D eigenvalue weighted by Crippen LogP contribution is 2.32. The molecule has 6 heteroatoms. The van der Waals surface area contributed by atoms with Crippen molar-refractivity contribution in [1.82, 2.24) is 5.32 Å². The number of thiophene rings is 1. The molecule has 0 aromatic carbocycles. The lowest BCUT2D eigenvalue weighted by Crippen LogP contribution is -2.49. The van der Waals surface area contributed by atoms with E-state index in [1.54, 1.807) is 11.3 Å². The molecule has 0 atom stereocenters. The summed E-state index contributed by atoms with van der Waals surface area (Å²) in [7, 11) is 0. The van der Waals surface area contributed by atoms with Gasteiger partial charge in [0.25, 0.3) is 5.91 Å². The molecule has 3 rings (SSSR count). The van der Waals surface area contributed by atoms with Gasteiger partial charge >= 0.3 is 0 Å². The van der Waals surface area contributed by atoms with E-state index >= 15 is 0 Å². The Morgan fingerprint density at radius 2 is 2.00 bits per heavy atom. The molecule has 2 heterocycles. The quantitative estimate of drug-likeness (QED) is 0.884. The summed E-state index contributed by atoms with van der Waals surface area (Å²) in [6.07, 6.45) is 5.56. The fraction of sp³-hybridized carbons (Fsp3) is 0.625. The van der Waals surface area contributed by atoms with Gasteiger partial charge in [-0.05, 0) is 44.1 Å². The molecule has 0 radical (unpaired) electrons. The summed E-state index contributed by atoms with van der Waals surface area (Å²) in [4.78, 5) is 25.7. The molecular formula is C16H22N2O3S. The first kappa shape index (κ1) is 15.5. The van der Waals surface area contributed by atoms with E-state index in [1.165, 1.54) is 16.9 Å². The van der Waals surface area contributed by atoms with Crippen molar-refractivity contribution in [2.75, 3.05) is 19.8 Å². The molecule has 2 amide bonds. The van der Waals surface area contributed by atoms with Crippen LogP contribution in [0.3, 0.4) is 0 Å². The van der Waals surface area contributed by atoms with E-state index in [2.05, 4.69) is 5.32 Å². The van der Waals surface area contributed by atoms with Crippen molar-refractivity contribution < 1.29 is 14.3 Å². The largest absolute Gasteiger partial charge is 0.381 e. The monoisotopic (exact) mass is 322 g/mol. The number of carbonyl (C=O) groups is 2. The normalized spacial score (nSPS) is 20.2. The second kappa shape index (κ2) is 6.38. The van der Waals surface area contributed by atoms with Gasteiger partial charge in [0, 0.05) is 30.0 Å². The van der Waals surface area contributed by atoms with Crippen LogP contribution in [0.4, 0.5) is 0 Å². The maximum atomic E-state index is 12.5. The fourth-order valence-corrected chi connectivity index (χ4v) is 4.43. The molecule has 0 unspecified atom stereocenters. The Hall–Kier alpha value is -1.40. The zero-order valence-corrected chi connectivity index (χ0v) is 13.5. The van der Waals surface area contributed by atoms with Crippen LogP contribution in [0.1, 0.15) is 46.5 Å². The van der Waals surface area contributed by atoms with Crippen molar-refractivity contribution in [2.45, 2.75) is 38.5 Å². The number of carbonyl (C=O) groups excluding carboxylic acids is 2. The van der Waals surface area contributed by atoms with Crippen LogP contribution in [0.5, 0.6) is 0 Å². The van der Waals surface area contributed by atoms with Crippen molar-refractivity contribution in [3.8, 4) is 0 Å². The molecule has 1 aromatic heterocycles. The molecule has 3 N–H and O–H groups in total. The number of nitrogens with one attached hydrogen (secondary N) is 1. The van der Waals surface area contributed by atoms with Gasteiger partial charge in [0.05, 0.1) is 11.0 Å². The molecule has 22 heavy (non-hydrogen) atoms. The van der Waals surface area contributed by atoms with Gasteiger partial charge in [-0.25, -0.2) is 0 Å². The van der Waals surface area contributed by atoms with Gasteiger partial charge in [0.15, 0.2) is 0 Å². The van der Waals surface area contributed by atoms with Crippen molar-refractivity contribution >= 4 is 23.2 Å². The van der Waals surface area contributed by atoms with Crippen molar-refractivity contribution in [3.63, 3.8) is 0 Å². The highest BCUT2D eigenvalue weighted by Gasteiger charge is 2.39. The van der Waals surface area contributed by atoms with Crippen LogP contribution in [-0.2, 0) is 22.4 Å². The van der Waals surface area contributed by atoms with Gasteiger partial charge in [-0.3, -0.25) is 9.59 Å². The van der Waals surface area contributed by atoms with Crippen LogP contribution in [0, 0.1) is 5.41 Å². The summed E-state index contributed by atoms with van der Waals surface area (Å²) in [5.41, 5.74) is 6.90. The average molecular weight is 322 g/mol. The first-order valence-electron chi connectivity index (χ1n) is 7.87. The number of hydrogen-bond donors (Lipinski definition) is 2. The maximum absolute atomic E-state index is 12.5. The van der Waals surface area contributed by atoms with Crippen LogP contribution in [0.2, 0.25) is 0 Å². The molecule has 1 aliphatic heterocycles. The van der Waals surface area contributed by atoms with Crippen molar-refractivity contribution in [1.29, 1.82) is 0 Å². The van der Waals surface area contributed by atoms with Gasteiger partial charge in [-0.1, -0.05) is 0 Å². The van der Waals surface area contributed by atoms with Gasteiger partial charge < -0.3 is 15.8 Å². The third kappa shape index (κ3) is 2.90. The van der Waals surface area contributed by atoms with Gasteiger partial charge in [0.2, 0.25) is 5.91 Å². The molecular weight excluding hydrogens is 300 g/mol.